The molecule has 3 aromatic rings. The lowest BCUT2D eigenvalue weighted by Gasteiger charge is -2.33. The number of piperidine rings is 1. The van der Waals surface area contributed by atoms with Crippen LogP contribution in [0.1, 0.15) is 29.7 Å². The van der Waals surface area contributed by atoms with Crippen LogP contribution >= 0.6 is 0 Å². The van der Waals surface area contributed by atoms with Crippen molar-refractivity contribution in [1.29, 1.82) is 0 Å². The number of carbonyl (C=O) groups excluding carboxylic acids is 1. The molecule has 4 rings (SSSR count). The summed E-state index contributed by atoms with van der Waals surface area (Å²) in [6, 6.07) is 22.0. The molecule has 5 heteroatoms. The van der Waals surface area contributed by atoms with Gasteiger partial charge < -0.3 is 15.5 Å². The Morgan fingerprint density at radius 2 is 1.77 bits per heavy atom. The SMILES string of the molecule is Cc1ccc(NC2CCN(C(=O)Nc3cccc(C#Cc4ccccn4)c3)CC2)cc1. The van der Waals surface area contributed by atoms with E-state index < -0.39 is 0 Å². The zero-order valence-corrected chi connectivity index (χ0v) is 17.6. The maximum atomic E-state index is 12.7. The molecule has 2 heterocycles. The fourth-order valence-corrected chi connectivity index (χ4v) is 3.56. The average Bonchev–Trinajstić information content (AvgIpc) is 2.81. The van der Waals surface area contributed by atoms with Crippen LogP contribution in [-0.4, -0.2) is 35.0 Å². The molecule has 1 fully saturated rings. The Balaban J connectivity index is 1.30. The molecule has 0 spiro atoms. The fourth-order valence-electron chi connectivity index (χ4n) is 3.56. The normalized spacial score (nSPS) is 13.8. The number of hydrogen-bond acceptors (Lipinski definition) is 3. The summed E-state index contributed by atoms with van der Waals surface area (Å²) in [5, 5.41) is 6.58. The van der Waals surface area contributed by atoms with Gasteiger partial charge >= 0.3 is 6.03 Å². The first-order valence-electron chi connectivity index (χ1n) is 10.6. The first-order valence-corrected chi connectivity index (χ1v) is 10.6. The van der Waals surface area contributed by atoms with Crippen LogP contribution in [0.25, 0.3) is 0 Å². The molecule has 0 radical (unpaired) electrons. The number of likely N-dealkylation sites (tertiary alicyclic amines) is 1. The third-order valence-corrected chi connectivity index (χ3v) is 5.32. The van der Waals surface area contributed by atoms with Crippen molar-refractivity contribution in [3.05, 3.63) is 89.7 Å². The Morgan fingerprint density at radius 1 is 0.968 bits per heavy atom. The van der Waals surface area contributed by atoms with E-state index in [0.29, 0.717) is 6.04 Å². The van der Waals surface area contributed by atoms with Crippen LogP contribution in [0.4, 0.5) is 16.2 Å². The highest BCUT2D eigenvalue weighted by atomic mass is 16.2. The van der Waals surface area contributed by atoms with Crippen LogP contribution < -0.4 is 10.6 Å². The third kappa shape index (κ3) is 5.86. The second-order valence-electron chi connectivity index (χ2n) is 7.75. The Labute approximate surface area is 183 Å². The van der Waals surface area contributed by atoms with Crippen molar-refractivity contribution in [1.82, 2.24) is 9.88 Å². The summed E-state index contributed by atoms with van der Waals surface area (Å²) in [7, 11) is 0. The highest BCUT2D eigenvalue weighted by molar-refractivity contribution is 5.89. The van der Waals surface area contributed by atoms with E-state index in [0.717, 1.165) is 48.6 Å². The number of urea groups is 1. The van der Waals surface area contributed by atoms with Gasteiger partial charge in [0.2, 0.25) is 0 Å². The van der Waals surface area contributed by atoms with E-state index in [9.17, 15) is 4.79 Å². The number of aromatic nitrogens is 1. The first kappa shape index (κ1) is 20.5. The summed E-state index contributed by atoms with van der Waals surface area (Å²) in [6.45, 7) is 3.55. The minimum atomic E-state index is -0.0661. The zero-order chi connectivity index (χ0) is 21.5. The van der Waals surface area contributed by atoms with E-state index in [1.807, 2.05) is 47.4 Å². The standard InChI is InChI=1S/C26H26N4O/c1-20-8-11-23(12-9-20)28-24-14-17-30(18-15-24)26(31)29-25-7-4-5-21(19-25)10-13-22-6-2-3-16-27-22/h2-9,11-12,16,19,24,28H,14-15,17-18H2,1H3,(H,29,31). The summed E-state index contributed by atoms with van der Waals surface area (Å²) >= 11 is 0. The van der Waals surface area contributed by atoms with Crippen LogP contribution in [0.5, 0.6) is 0 Å². The lowest BCUT2D eigenvalue weighted by Crippen LogP contribution is -2.44. The van der Waals surface area contributed by atoms with Crippen molar-refractivity contribution in [2.24, 2.45) is 0 Å². The van der Waals surface area contributed by atoms with Gasteiger partial charge in [0.05, 0.1) is 0 Å². The Morgan fingerprint density at radius 3 is 2.52 bits per heavy atom. The topological polar surface area (TPSA) is 57.3 Å². The first-order chi connectivity index (χ1) is 15.2. The third-order valence-electron chi connectivity index (χ3n) is 5.32. The molecule has 1 saturated heterocycles. The number of anilines is 2. The number of nitrogens with one attached hydrogen (secondary N) is 2. The molecule has 2 aromatic carbocycles. The van der Waals surface area contributed by atoms with Crippen molar-refractivity contribution in [2.75, 3.05) is 23.7 Å². The van der Waals surface area contributed by atoms with Gasteiger partial charge in [0.25, 0.3) is 0 Å². The molecule has 31 heavy (non-hydrogen) atoms. The number of nitrogens with zero attached hydrogens (tertiary/aromatic N) is 2. The zero-order valence-electron chi connectivity index (χ0n) is 17.6. The van der Waals surface area contributed by atoms with E-state index in [1.165, 1.54) is 5.56 Å². The molecule has 0 unspecified atom stereocenters. The number of carbonyl (C=O) groups is 1. The van der Waals surface area contributed by atoms with Gasteiger partial charge in [0.15, 0.2) is 0 Å². The van der Waals surface area contributed by atoms with Gasteiger partial charge in [-0.05, 0) is 68.2 Å². The van der Waals surface area contributed by atoms with E-state index in [4.69, 9.17) is 0 Å². The second kappa shape index (κ2) is 9.82. The molecule has 1 aliphatic heterocycles. The van der Waals surface area contributed by atoms with Crippen LogP contribution in [0, 0.1) is 18.8 Å². The van der Waals surface area contributed by atoms with Gasteiger partial charge in [0, 0.05) is 42.3 Å². The van der Waals surface area contributed by atoms with E-state index in [-0.39, 0.29) is 6.03 Å². The van der Waals surface area contributed by atoms with Gasteiger partial charge in [0.1, 0.15) is 5.69 Å². The van der Waals surface area contributed by atoms with Gasteiger partial charge in [-0.3, -0.25) is 0 Å². The van der Waals surface area contributed by atoms with Gasteiger partial charge in [-0.2, -0.15) is 0 Å². The number of amides is 2. The van der Waals surface area contributed by atoms with Gasteiger partial charge in [-0.1, -0.05) is 35.7 Å². The lowest BCUT2D eigenvalue weighted by molar-refractivity contribution is 0.197. The number of hydrogen-bond donors (Lipinski definition) is 2. The summed E-state index contributed by atoms with van der Waals surface area (Å²) < 4.78 is 0. The fraction of sp³-hybridized carbons (Fsp3) is 0.231. The maximum absolute atomic E-state index is 12.7. The molecular weight excluding hydrogens is 384 g/mol. The molecule has 0 aliphatic carbocycles. The number of pyridine rings is 1. The molecule has 5 nitrogen and oxygen atoms in total. The largest absolute Gasteiger partial charge is 0.382 e. The summed E-state index contributed by atoms with van der Waals surface area (Å²) in [5.41, 5.74) is 4.70. The van der Waals surface area contributed by atoms with E-state index in [2.05, 4.69) is 58.6 Å². The number of aryl methyl sites for hydroxylation is 1. The predicted octanol–water partition coefficient (Wildman–Crippen LogP) is 4.90. The smallest absolute Gasteiger partial charge is 0.321 e. The van der Waals surface area contributed by atoms with Crippen LogP contribution in [0.15, 0.2) is 72.9 Å². The Hall–Kier alpha value is -3.78. The summed E-state index contributed by atoms with van der Waals surface area (Å²) in [4.78, 5) is 18.8. The molecule has 0 bridgehead atoms. The van der Waals surface area contributed by atoms with Crippen LogP contribution in [0.3, 0.4) is 0 Å². The van der Waals surface area contributed by atoms with Crippen molar-refractivity contribution in [3.63, 3.8) is 0 Å². The van der Waals surface area contributed by atoms with Crippen molar-refractivity contribution in [3.8, 4) is 11.8 Å². The van der Waals surface area contributed by atoms with Gasteiger partial charge in [-0.25, -0.2) is 9.78 Å². The molecule has 156 valence electrons. The van der Waals surface area contributed by atoms with Crippen LogP contribution in [-0.2, 0) is 0 Å². The monoisotopic (exact) mass is 410 g/mol. The molecule has 2 N–H and O–H groups in total. The minimum absolute atomic E-state index is 0.0661. The van der Waals surface area contributed by atoms with Crippen LogP contribution in [0.2, 0.25) is 0 Å². The Bertz CT molecular complexity index is 1080. The lowest BCUT2D eigenvalue weighted by atomic mass is 10.0. The molecule has 2 amide bonds. The van der Waals surface area contributed by atoms with E-state index >= 15 is 0 Å². The molecule has 0 atom stereocenters. The molecule has 1 aromatic heterocycles. The van der Waals surface area contributed by atoms with Crippen molar-refractivity contribution < 1.29 is 4.79 Å². The average molecular weight is 411 g/mol. The number of rotatable bonds is 3. The molecular formula is C26H26N4O. The second-order valence-corrected chi connectivity index (χ2v) is 7.75. The minimum Gasteiger partial charge on any atom is -0.382 e. The van der Waals surface area contributed by atoms with Crippen molar-refractivity contribution >= 4 is 17.4 Å². The summed E-state index contributed by atoms with van der Waals surface area (Å²) in [6.07, 6.45) is 3.58. The summed E-state index contributed by atoms with van der Waals surface area (Å²) in [5.74, 6) is 6.14. The maximum Gasteiger partial charge on any atom is 0.321 e. The predicted molar refractivity (Wildman–Crippen MR) is 125 cm³/mol. The highest BCUT2D eigenvalue weighted by Gasteiger charge is 2.22. The number of benzene rings is 2. The quantitative estimate of drug-likeness (QED) is 0.604. The highest BCUT2D eigenvalue weighted by Crippen LogP contribution is 2.18. The molecule has 0 saturated carbocycles. The van der Waals surface area contributed by atoms with E-state index in [1.54, 1.807) is 6.20 Å². The van der Waals surface area contributed by atoms with Crippen molar-refractivity contribution in [2.45, 2.75) is 25.8 Å². The van der Waals surface area contributed by atoms with Gasteiger partial charge in [-0.15, -0.1) is 0 Å². The molecule has 1 aliphatic rings. The Kier molecular flexibility index (Phi) is 6.49.